The normalized spacial score (nSPS) is 14.4. The van der Waals surface area contributed by atoms with Crippen LogP contribution in [0, 0.1) is 19.7 Å². The molecule has 1 fully saturated rings. The topological polar surface area (TPSA) is 89.7 Å². The number of rotatable bonds is 4. The number of aromatic nitrogens is 5. The molecule has 1 aromatic carbocycles. The first-order valence-electron chi connectivity index (χ1n) is 9.28. The molecule has 3 heterocycles. The molecule has 4 rings (SSSR count). The van der Waals surface area contributed by atoms with E-state index in [0.717, 1.165) is 31.5 Å². The van der Waals surface area contributed by atoms with Gasteiger partial charge in [0.25, 0.3) is 5.91 Å². The molecule has 0 spiro atoms. The number of aryl methyl sites for hydroxylation is 1. The van der Waals surface area contributed by atoms with Crippen molar-refractivity contribution in [2.75, 3.05) is 18.4 Å². The Morgan fingerprint density at radius 1 is 1.28 bits per heavy atom. The van der Waals surface area contributed by atoms with Crippen LogP contribution in [-0.4, -0.2) is 43.8 Å². The summed E-state index contributed by atoms with van der Waals surface area (Å²) in [5, 5.41) is 18.3. The van der Waals surface area contributed by atoms with Crippen LogP contribution in [0.1, 0.15) is 40.6 Å². The number of piperidine rings is 1. The van der Waals surface area contributed by atoms with Crippen LogP contribution in [0.2, 0.25) is 0 Å². The van der Waals surface area contributed by atoms with Crippen LogP contribution < -0.4 is 10.6 Å². The zero-order valence-corrected chi connectivity index (χ0v) is 17.0. The Hall–Kier alpha value is -2.78. The minimum Gasteiger partial charge on any atom is -0.320 e. The van der Waals surface area contributed by atoms with Gasteiger partial charge >= 0.3 is 0 Å². The Labute approximate surface area is 173 Å². The number of benzene rings is 1. The minimum absolute atomic E-state index is 0. The smallest absolute Gasteiger partial charge is 0.278 e. The molecule has 154 valence electrons. The summed E-state index contributed by atoms with van der Waals surface area (Å²) in [4.78, 5) is 12.6. The van der Waals surface area contributed by atoms with Gasteiger partial charge in [0.15, 0.2) is 11.5 Å². The molecule has 1 amide bonds. The fraction of sp³-hybridized carbons (Fsp3) is 0.368. The van der Waals surface area contributed by atoms with Crippen LogP contribution in [0.15, 0.2) is 30.6 Å². The van der Waals surface area contributed by atoms with Crippen molar-refractivity contribution in [3.05, 3.63) is 53.4 Å². The van der Waals surface area contributed by atoms with Crippen molar-refractivity contribution in [2.45, 2.75) is 32.7 Å². The third-order valence-electron chi connectivity index (χ3n) is 4.96. The molecule has 8 nitrogen and oxygen atoms in total. The maximum atomic E-state index is 14.5. The molecule has 10 heteroatoms. The van der Waals surface area contributed by atoms with E-state index in [1.165, 1.54) is 10.7 Å². The average molecular weight is 420 g/mol. The lowest BCUT2D eigenvalue weighted by molar-refractivity contribution is 0.102. The standard InChI is InChI=1S/C19H22FN7O.ClH/c1-12-10-22-26(11-12)17-4-3-14(9-16(17)20)23-19(28)18-13(2)27(25-24-18)15-5-7-21-8-6-15;/h3-4,9-11,15,21H,5-8H2,1-2H3,(H,23,28);1H. The summed E-state index contributed by atoms with van der Waals surface area (Å²) in [7, 11) is 0. The molecule has 3 aromatic rings. The Kier molecular flexibility index (Phi) is 6.29. The first-order valence-corrected chi connectivity index (χ1v) is 9.28. The third kappa shape index (κ3) is 4.30. The summed E-state index contributed by atoms with van der Waals surface area (Å²) in [5.41, 5.74) is 2.58. The van der Waals surface area contributed by atoms with Crippen molar-refractivity contribution in [1.29, 1.82) is 0 Å². The van der Waals surface area contributed by atoms with Gasteiger partial charge in [0.2, 0.25) is 0 Å². The summed E-state index contributed by atoms with van der Waals surface area (Å²) in [6.07, 6.45) is 5.29. The molecule has 0 bridgehead atoms. The van der Waals surface area contributed by atoms with E-state index in [1.54, 1.807) is 24.5 Å². The highest BCUT2D eigenvalue weighted by molar-refractivity contribution is 6.03. The molecule has 0 saturated carbocycles. The molecular formula is C19H23ClFN7O. The monoisotopic (exact) mass is 419 g/mol. The summed E-state index contributed by atoms with van der Waals surface area (Å²) >= 11 is 0. The number of amides is 1. The molecule has 0 radical (unpaired) electrons. The van der Waals surface area contributed by atoms with E-state index in [2.05, 4.69) is 26.0 Å². The van der Waals surface area contributed by atoms with Gasteiger partial charge < -0.3 is 10.6 Å². The number of carbonyl (C=O) groups is 1. The van der Waals surface area contributed by atoms with Crippen LogP contribution in [-0.2, 0) is 0 Å². The third-order valence-corrected chi connectivity index (χ3v) is 4.96. The highest BCUT2D eigenvalue weighted by Gasteiger charge is 2.23. The van der Waals surface area contributed by atoms with Gasteiger partial charge in [-0.05, 0) is 63.5 Å². The summed E-state index contributed by atoms with van der Waals surface area (Å²) < 4.78 is 17.8. The van der Waals surface area contributed by atoms with Gasteiger partial charge in [-0.3, -0.25) is 4.79 Å². The van der Waals surface area contributed by atoms with E-state index in [1.807, 2.05) is 18.5 Å². The second kappa shape index (κ2) is 8.71. The first kappa shape index (κ1) is 20.9. The maximum absolute atomic E-state index is 14.5. The fourth-order valence-electron chi connectivity index (χ4n) is 3.45. The van der Waals surface area contributed by atoms with Crippen molar-refractivity contribution < 1.29 is 9.18 Å². The molecule has 0 unspecified atom stereocenters. The molecule has 0 atom stereocenters. The molecule has 1 aliphatic rings. The van der Waals surface area contributed by atoms with Gasteiger partial charge in [-0.2, -0.15) is 5.10 Å². The first-order chi connectivity index (χ1) is 13.5. The Morgan fingerprint density at radius 3 is 2.69 bits per heavy atom. The van der Waals surface area contributed by atoms with E-state index in [-0.39, 0.29) is 24.1 Å². The Morgan fingerprint density at radius 2 is 2.03 bits per heavy atom. The summed E-state index contributed by atoms with van der Waals surface area (Å²) in [6, 6.07) is 4.73. The SMILES string of the molecule is Cc1cnn(-c2ccc(NC(=O)c3nnn(C4CCNCC4)c3C)cc2F)c1.Cl. The van der Waals surface area contributed by atoms with Gasteiger partial charge in [-0.25, -0.2) is 13.8 Å². The molecule has 2 N–H and O–H groups in total. The van der Waals surface area contributed by atoms with Crippen molar-refractivity contribution in [1.82, 2.24) is 30.1 Å². The molecule has 1 saturated heterocycles. The minimum atomic E-state index is -0.476. The number of carbonyl (C=O) groups excluding carboxylic acids is 1. The van der Waals surface area contributed by atoms with E-state index in [0.29, 0.717) is 17.1 Å². The molecular weight excluding hydrogens is 397 g/mol. The number of halogens is 2. The van der Waals surface area contributed by atoms with Crippen LogP contribution in [0.4, 0.5) is 10.1 Å². The Balaban J connectivity index is 0.00000240. The molecule has 2 aromatic heterocycles. The number of nitrogens with one attached hydrogen (secondary N) is 2. The van der Waals surface area contributed by atoms with Crippen molar-refractivity contribution in [3.8, 4) is 5.69 Å². The van der Waals surface area contributed by atoms with E-state index >= 15 is 0 Å². The largest absolute Gasteiger partial charge is 0.320 e. The Bertz CT molecular complexity index is 1010. The van der Waals surface area contributed by atoms with Crippen LogP contribution in [0.25, 0.3) is 5.69 Å². The van der Waals surface area contributed by atoms with Gasteiger partial charge in [0, 0.05) is 11.9 Å². The van der Waals surface area contributed by atoms with Crippen LogP contribution >= 0.6 is 12.4 Å². The van der Waals surface area contributed by atoms with Crippen molar-refractivity contribution in [2.24, 2.45) is 0 Å². The number of hydrogen-bond donors (Lipinski definition) is 2. The van der Waals surface area contributed by atoms with E-state index in [4.69, 9.17) is 0 Å². The molecule has 29 heavy (non-hydrogen) atoms. The zero-order valence-electron chi connectivity index (χ0n) is 16.2. The zero-order chi connectivity index (χ0) is 19.7. The highest BCUT2D eigenvalue weighted by Crippen LogP contribution is 2.22. The number of anilines is 1. The summed E-state index contributed by atoms with van der Waals surface area (Å²) in [6.45, 7) is 5.57. The lowest BCUT2D eigenvalue weighted by Crippen LogP contribution is -2.30. The predicted octanol–water partition coefficient (Wildman–Crippen LogP) is 2.82. The second-order valence-corrected chi connectivity index (χ2v) is 7.03. The average Bonchev–Trinajstić information content (AvgIpc) is 3.28. The molecule has 1 aliphatic heterocycles. The lowest BCUT2D eigenvalue weighted by atomic mass is 10.1. The number of nitrogens with zero attached hydrogens (tertiary/aromatic N) is 5. The lowest BCUT2D eigenvalue weighted by Gasteiger charge is -2.23. The van der Waals surface area contributed by atoms with E-state index < -0.39 is 11.7 Å². The van der Waals surface area contributed by atoms with Crippen molar-refractivity contribution >= 4 is 24.0 Å². The van der Waals surface area contributed by atoms with Crippen molar-refractivity contribution in [3.63, 3.8) is 0 Å². The van der Waals surface area contributed by atoms with Gasteiger partial charge in [0.1, 0.15) is 5.69 Å². The highest BCUT2D eigenvalue weighted by atomic mass is 35.5. The van der Waals surface area contributed by atoms with Crippen LogP contribution in [0.3, 0.4) is 0 Å². The fourth-order valence-corrected chi connectivity index (χ4v) is 3.45. The van der Waals surface area contributed by atoms with E-state index in [9.17, 15) is 9.18 Å². The van der Waals surface area contributed by atoms with Gasteiger partial charge in [-0.1, -0.05) is 5.21 Å². The van der Waals surface area contributed by atoms with Gasteiger partial charge in [-0.15, -0.1) is 17.5 Å². The summed E-state index contributed by atoms with van der Waals surface area (Å²) in [5.74, 6) is -0.879. The van der Waals surface area contributed by atoms with Gasteiger partial charge in [0.05, 0.1) is 17.9 Å². The second-order valence-electron chi connectivity index (χ2n) is 7.03. The number of hydrogen-bond acceptors (Lipinski definition) is 5. The maximum Gasteiger partial charge on any atom is 0.278 e. The predicted molar refractivity (Wildman–Crippen MR) is 109 cm³/mol. The quantitative estimate of drug-likeness (QED) is 0.678. The molecule has 0 aliphatic carbocycles. The van der Waals surface area contributed by atoms with Crippen LogP contribution in [0.5, 0.6) is 0 Å².